The second-order valence-corrected chi connectivity index (χ2v) is 7.06. The van der Waals surface area contributed by atoms with Gasteiger partial charge in [-0.25, -0.2) is 4.79 Å². The van der Waals surface area contributed by atoms with E-state index in [4.69, 9.17) is 21.1 Å². The third-order valence-electron chi connectivity index (χ3n) is 3.26. The van der Waals surface area contributed by atoms with E-state index in [1.807, 2.05) is 0 Å². The van der Waals surface area contributed by atoms with Gasteiger partial charge in [-0.15, -0.1) is 0 Å². The molecule has 1 aromatic carbocycles. The molecule has 0 fully saturated rings. The molecule has 0 saturated heterocycles. The summed E-state index contributed by atoms with van der Waals surface area (Å²) in [7, 11) is 0. The number of hydrogen-bond acceptors (Lipinski definition) is 5. The molecule has 0 aliphatic heterocycles. The first kappa shape index (κ1) is 21.0. The van der Waals surface area contributed by atoms with E-state index in [1.54, 1.807) is 45.0 Å². The zero-order valence-corrected chi connectivity index (χ0v) is 15.7. The number of esters is 1. The van der Waals surface area contributed by atoms with Crippen molar-refractivity contribution in [2.45, 2.75) is 46.6 Å². The maximum Gasteiger partial charge on any atom is 0.407 e. The van der Waals surface area contributed by atoms with Gasteiger partial charge in [-0.2, -0.15) is 0 Å². The van der Waals surface area contributed by atoms with E-state index in [9.17, 15) is 14.4 Å². The topological polar surface area (TPSA) is 81.7 Å². The lowest BCUT2D eigenvalue weighted by Crippen LogP contribution is -2.37. The van der Waals surface area contributed by atoms with Crippen LogP contribution in [-0.2, 0) is 14.3 Å². The highest BCUT2D eigenvalue weighted by atomic mass is 35.5. The fourth-order valence-corrected chi connectivity index (χ4v) is 2.10. The van der Waals surface area contributed by atoms with Gasteiger partial charge in [-0.1, -0.05) is 32.4 Å². The molecule has 1 amide bonds. The van der Waals surface area contributed by atoms with Gasteiger partial charge in [-0.05, 0) is 37.6 Å². The lowest BCUT2D eigenvalue weighted by atomic mass is 9.88. The molecule has 0 heterocycles. The molecule has 0 aliphatic rings. The molecule has 1 rings (SSSR count). The van der Waals surface area contributed by atoms with Gasteiger partial charge < -0.3 is 14.8 Å². The summed E-state index contributed by atoms with van der Waals surface area (Å²) in [5.74, 6) is -0.153. The van der Waals surface area contributed by atoms with Crippen LogP contribution in [0.25, 0.3) is 0 Å². The normalized spacial score (nSPS) is 12.2. The minimum Gasteiger partial charge on any atom is -0.439 e. The van der Waals surface area contributed by atoms with Gasteiger partial charge >= 0.3 is 12.1 Å². The number of ketones is 1. The zero-order chi connectivity index (χ0) is 19.0. The third-order valence-corrected chi connectivity index (χ3v) is 3.52. The van der Waals surface area contributed by atoms with Crippen molar-refractivity contribution in [3.63, 3.8) is 0 Å². The van der Waals surface area contributed by atoms with Crippen LogP contribution in [0, 0.1) is 5.41 Å². The Morgan fingerprint density at radius 3 is 2.32 bits per heavy atom. The Balaban J connectivity index is 2.24. The molecule has 1 N–H and O–H groups in total. The Kier molecular flexibility index (Phi) is 7.90. The van der Waals surface area contributed by atoms with E-state index in [2.05, 4.69) is 5.32 Å². The van der Waals surface area contributed by atoms with Crippen LogP contribution in [0.2, 0.25) is 5.02 Å². The van der Waals surface area contributed by atoms with E-state index in [0.717, 1.165) is 0 Å². The Morgan fingerprint density at radius 2 is 1.76 bits per heavy atom. The van der Waals surface area contributed by atoms with Crippen LogP contribution in [-0.4, -0.2) is 30.5 Å². The van der Waals surface area contributed by atoms with Crippen LogP contribution in [0.3, 0.4) is 0 Å². The molecule has 0 spiro atoms. The van der Waals surface area contributed by atoms with Crippen molar-refractivity contribution in [2.24, 2.45) is 5.41 Å². The van der Waals surface area contributed by atoms with Crippen molar-refractivity contribution in [3.8, 4) is 5.75 Å². The number of benzene rings is 1. The first-order valence-electron chi connectivity index (χ1n) is 8.04. The zero-order valence-electron chi connectivity index (χ0n) is 14.9. The molecule has 138 valence electrons. The fraction of sp³-hybridized carbons (Fsp3) is 0.500. The lowest BCUT2D eigenvalue weighted by Gasteiger charge is -2.21. The van der Waals surface area contributed by atoms with Crippen LogP contribution < -0.4 is 10.1 Å². The van der Waals surface area contributed by atoms with Gasteiger partial charge in [-0.3, -0.25) is 9.59 Å². The highest BCUT2D eigenvalue weighted by molar-refractivity contribution is 6.30. The molecule has 0 aromatic heterocycles. The fourth-order valence-electron chi connectivity index (χ4n) is 1.97. The van der Waals surface area contributed by atoms with E-state index in [-0.39, 0.29) is 18.7 Å². The number of nitrogens with one attached hydrogen (secondary N) is 1. The second kappa shape index (κ2) is 9.42. The minimum atomic E-state index is -0.824. The molecule has 6 nitrogen and oxygen atoms in total. The van der Waals surface area contributed by atoms with Crippen molar-refractivity contribution >= 4 is 29.4 Å². The predicted molar refractivity (Wildman–Crippen MR) is 94.7 cm³/mol. The first-order valence-corrected chi connectivity index (χ1v) is 8.42. The van der Waals surface area contributed by atoms with Gasteiger partial charge in [0.05, 0.1) is 0 Å². The summed E-state index contributed by atoms with van der Waals surface area (Å²) in [6, 6.07) is 6.45. The number of ether oxygens (including phenoxy) is 2. The second-order valence-electron chi connectivity index (χ2n) is 6.62. The van der Waals surface area contributed by atoms with Gasteiger partial charge in [0.15, 0.2) is 11.9 Å². The van der Waals surface area contributed by atoms with Crippen molar-refractivity contribution in [3.05, 3.63) is 29.3 Å². The number of amides is 1. The Bertz CT molecular complexity index is 607. The van der Waals surface area contributed by atoms with E-state index in [1.165, 1.54) is 6.92 Å². The van der Waals surface area contributed by atoms with Crippen molar-refractivity contribution < 1.29 is 23.9 Å². The Labute approximate surface area is 152 Å². The summed E-state index contributed by atoms with van der Waals surface area (Å²) in [6.07, 6.45) is -0.978. The van der Waals surface area contributed by atoms with Gasteiger partial charge in [0.2, 0.25) is 0 Å². The van der Waals surface area contributed by atoms with E-state index in [0.29, 0.717) is 17.2 Å². The molecule has 7 heteroatoms. The number of rotatable bonds is 7. The number of Topliss-reactive ketones (excluding diaryl/α,β-unsaturated/α-hetero) is 1. The van der Waals surface area contributed by atoms with Gasteiger partial charge in [0.1, 0.15) is 5.75 Å². The summed E-state index contributed by atoms with van der Waals surface area (Å²) >= 11 is 5.75. The van der Waals surface area contributed by atoms with Crippen LogP contribution >= 0.6 is 11.6 Å². The van der Waals surface area contributed by atoms with Crippen molar-refractivity contribution in [1.82, 2.24) is 5.32 Å². The summed E-state index contributed by atoms with van der Waals surface area (Å²) < 4.78 is 10.1. The van der Waals surface area contributed by atoms with E-state index < -0.39 is 23.6 Å². The maximum atomic E-state index is 11.9. The van der Waals surface area contributed by atoms with Crippen LogP contribution in [0.4, 0.5) is 4.79 Å². The van der Waals surface area contributed by atoms with Crippen LogP contribution in [0.1, 0.15) is 40.5 Å². The Hall–Kier alpha value is -2.08. The monoisotopic (exact) mass is 369 g/mol. The molecule has 1 unspecified atom stereocenters. The minimum absolute atomic E-state index is 0.138. The maximum absolute atomic E-state index is 11.9. The number of carbonyl (C=O) groups is 3. The van der Waals surface area contributed by atoms with Gasteiger partial charge in [0.25, 0.3) is 0 Å². The summed E-state index contributed by atoms with van der Waals surface area (Å²) in [4.78, 5) is 35.3. The SMILES string of the molecule is CC(OC(=O)NCCCC(=O)Oc1ccc(Cl)cc1)C(=O)C(C)(C)C. The standard InChI is InChI=1S/C18H24ClNO5/c1-12(16(22)18(2,3)4)24-17(23)20-11-5-6-15(21)25-14-9-7-13(19)8-10-14/h7-10,12H,5-6,11H2,1-4H3,(H,20,23). The summed E-state index contributed by atoms with van der Waals surface area (Å²) in [5.41, 5.74) is -0.578. The smallest absolute Gasteiger partial charge is 0.407 e. The molecule has 1 aromatic rings. The summed E-state index contributed by atoms with van der Waals surface area (Å²) in [5, 5.41) is 3.07. The largest absolute Gasteiger partial charge is 0.439 e. The number of halogens is 1. The molecule has 0 radical (unpaired) electrons. The first-order chi connectivity index (χ1) is 11.6. The summed E-state index contributed by atoms with van der Waals surface area (Å²) in [6.45, 7) is 7.07. The lowest BCUT2D eigenvalue weighted by molar-refractivity contribution is -0.134. The molecular weight excluding hydrogens is 346 g/mol. The highest BCUT2D eigenvalue weighted by Crippen LogP contribution is 2.18. The highest BCUT2D eigenvalue weighted by Gasteiger charge is 2.29. The molecule has 25 heavy (non-hydrogen) atoms. The van der Waals surface area contributed by atoms with Crippen molar-refractivity contribution in [1.29, 1.82) is 0 Å². The molecule has 0 saturated carbocycles. The third kappa shape index (κ3) is 8.03. The van der Waals surface area contributed by atoms with Crippen LogP contribution in [0.5, 0.6) is 5.75 Å². The van der Waals surface area contributed by atoms with E-state index >= 15 is 0 Å². The van der Waals surface area contributed by atoms with Crippen LogP contribution in [0.15, 0.2) is 24.3 Å². The molecule has 0 aliphatic carbocycles. The number of alkyl carbamates (subject to hydrolysis) is 1. The Morgan fingerprint density at radius 1 is 1.16 bits per heavy atom. The van der Waals surface area contributed by atoms with Crippen molar-refractivity contribution in [2.75, 3.05) is 6.54 Å². The predicted octanol–water partition coefficient (Wildman–Crippen LogP) is 3.76. The average molecular weight is 370 g/mol. The van der Waals surface area contributed by atoms with Gasteiger partial charge in [0, 0.05) is 23.4 Å². The molecular formula is C18H24ClNO5. The number of hydrogen-bond donors (Lipinski definition) is 1. The molecule has 0 bridgehead atoms. The molecule has 1 atom stereocenters. The quantitative estimate of drug-likeness (QED) is 0.449. The average Bonchev–Trinajstić information content (AvgIpc) is 2.52. The number of carbonyl (C=O) groups excluding carboxylic acids is 3.